The summed E-state index contributed by atoms with van der Waals surface area (Å²) < 4.78 is 0. The molecule has 0 saturated carbocycles. The van der Waals surface area contributed by atoms with Gasteiger partial charge in [0, 0.05) is 5.69 Å². The molecule has 2 rings (SSSR count). The van der Waals surface area contributed by atoms with Crippen LogP contribution < -0.4 is 5.32 Å². The minimum Gasteiger partial charge on any atom is -0.465 e. The fraction of sp³-hybridized carbons (Fsp3) is 0.235. The molecule has 0 aliphatic carbocycles. The van der Waals surface area contributed by atoms with Gasteiger partial charge in [0.25, 0.3) is 0 Å². The van der Waals surface area contributed by atoms with E-state index in [0.29, 0.717) is 5.69 Å². The molecule has 0 heterocycles. The van der Waals surface area contributed by atoms with Gasteiger partial charge in [0.1, 0.15) is 0 Å². The van der Waals surface area contributed by atoms with Crippen LogP contribution in [0.15, 0.2) is 54.6 Å². The van der Waals surface area contributed by atoms with E-state index in [-0.39, 0.29) is 0 Å². The smallest absolute Gasteiger partial charge is 0.409 e. The minimum atomic E-state index is -1.03. The second-order valence-corrected chi connectivity index (χ2v) is 3.90. The van der Waals surface area contributed by atoms with Gasteiger partial charge in [-0.05, 0) is 25.5 Å². The number of hydrogen-bond donors (Lipinski definition) is 2. The Balaban J connectivity index is 0.000000345. The second-order valence-electron chi connectivity index (χ2n) is 3.90. The molecule has 0 bridgehead atoms. The van der Waals surface area contributed by atoms with Crippen molar-refractivity contribution < 1.29 is 9.90 Å². The maximum Gasteiger partial charge on any atom is 0.409 e. The molecular weight excluding hydrogens is 250 g/mol. The first-order valence-corrected chi connectivity index (χ1v) is 6.67. The Kier molecular flexibility index (Phi) is 9.40. The molecule has 0 aliphatic rings. The van der Waals surface area contributed by atoms with Gasteiger partial charge in [0.05, 0.1) is 0 Å². The lowest BCUT2D eigenvalue weighted by molar-refractivity contribution is 0.209. The third-order valence-corrected chi connectivity index (χ3v) is 2.33. The standard InChI is InChI=1S/C8H9NO2.C7H8.C2H6/c1-6-4-2-3-5-7(6)9-8(10)11;1-7-5-3-2-4-6-7;1-2/h2-5,9H,1H3,(H,10,11);2-6H,1H3;1-2H3. The summed E-state index contributed by atoms with van der Waals surface area (Å²) >= 11 is 0. The number of carbonyl (C=O) groups is 1. The highest BCUT2D eigenvalue weighted by Crippen LogP contribution is 2.12. The lowest BCUT2D eigenvalue weighted by atomic mass is 10.2. The van der Waals surface area contributed by atoms with Gasteiger partial charge in [-0.15, -0.1) is 0 Å². The van der Waals surface area contributed by atoms with Crippen LogP contribution in [0.3, 0.4) is 0 Å². The van der Waals surface area contributed by atoms with Crippen molar-refractivity contribution in [3.63, 3.8) is 0 Å². The fourth-order valence-corrected chi connectivity index (χ4v) is 1.36. The highest BCUT2D eigenvalue weighted by atomic mass is 16.4. The van der Waals surface area contributed by atoms with Crippen LogP contribution in [0.4, 0.5) is 10.5 Å². The highest BCUT2D eigenvalue weighted by Gasteiger charge is 1.98. The van der Waals surface area contributed by atoms with Crippen molar-refractivity contribution in [1.29, 1.82) is 0 Å². The van der Waals surface area contributed by atoms with Gasteiger partial charge in [-0.2, -0.15) is 0 Å². The van der Waals surface area contributed by atoms with Crippen molar-refractivity contribution >= 4 is 11.8 Å². The molecule has 0 atom stereocenters. The zero-order valence-corrected chi connectivity index (χ0v) is 12.6. The van der Waals surface area contributed by atoms with E-state index in [0.717, 1.165) is 5.56 Å². The summed E-state index contributed by atoms with van der Waals surface area (Å²) in [7, 11) is 0. The van der Waals surface area contributed by atoms with Crippen LogP contribution in [0.5, 0.6) is 0 Å². The Morgan fingerprint density at radius 1 is 0.900 bits per heavy atom. The zero-order chi connectivity index (χ0) is 15.4. The van der Waals surface area contributed by atoms with Crippen molar-refractivity contribution in [3.05, 3.63) is 65.7 Å². The first-order valence-electron chi connectivity index (χ1n) is 6.67. The molecule has 1 amide bonds. The van der Waals surface area contributed by atoms with Crippen LogP contribution in [-0.4, -0.2) is 11.2 Å². The van der Waals surface area contributed by atoms with Crippen molar-refractivity contribution in [2.24, 2.45) is 0 Å². The summed E-state index contributed by atoms with van der Waals surface area (Å²) in [4.78, 5) is 10.2. The van der Waals surface area contributed by atoms with Gasteiger partial charge in [0.15, 0.2) is 0 Å². The van der Waals surface area contributed by atoms with E-state index in [1.807, 2.05) is 51.1 Å². The summed E-state index contributed by atoms with van der Waals surface area (Å²) in [6.07, 6.45) is -1.03. The first-order chi connectivity index (χ1) is 9.59. The molecule has 3 nitrogen and oxygen atoms in total. The van der Waals surface area contributed by atoms with Gasteiger partial charge in [-0.3, -0.25) is 5.32 Å². The number of rotatable bonds is 1. The third-order valence-electron chi connectivity index (χ3n) is 2.33. The summed E-state index contributed by atoms with van der Waals surface area (Å²) in [5.41, 5.74) is 2.89. The van der Waals surface area contributed by atoms with E-state index < -0.39 is 6.09 Å². The van der Waals surface area contributed by atoms with Gasteiger partial charge < -0.3 is 5.11 Å². The van der Waals surface area contributed by atoms with E-state index >= 15 is 0 Å². The van der Waals surface area contributed by atoms with Gasteiger partial charge >= 0.3 is 6.09 Å². The van der Waals surface area contributed by atoms with Crippen LogP contribution in [0.25, 0.3) is 0 Å². The molecule has 3 heteroatoms. The average molecular weight is 273 g/mol. The van der Waals surface area contributed by atoms with E-state index in [4.69, 9.17) is 5.11 Å². The summed E-state index contributed by atoms with van der Waals surface area (Å²) in [6, 6.07) is 17.5. The predicted molar refractivity (Wildman–Crippen MR) is 85.4 cm³/mol. The number of amides is 1. The molecule has 0 aromatic heterocycles. The van der Waals surface area contributed by atoms with Crippen LogP contribution in [-0.2, 0) is 0 Å². The molecule has 2 aromatic rings. The maximum absolute atomic E-state index is 10.2. The number of hydrogen-bond acceptors (Lipinski definition) is 1. The topological polar surface area (TPSA) is 49.3 Å². The third kappa shape index (κ3) is 7.93. The SMILES string of the molecule is CC.Cc1ccccc1.Cc1ccccc1NC(=O)O. The maximum atomic E-state index is 10.2. The van der Waals surface area contributed by atoms with Crippen molar-refractivity contribution in [2.75, 3.05) is 5.32 Å². The van der Waals surface area contributed by atoms with Crippen LogP contribution in [0, 0.1) is 13.8 Å². The Bertz CT molecular complexity index is 495. The summed E-state index contributed by atoms with van der Waals surface area (Å²) in [6.45, 7) is 7.94. The number of benzene rings is 2. The Morgan fingerprint density at radius 2 is 1.40 bits per heavy atom. The number of carboxylic acid groups (broad SMARTS) is 1. The second kappa shape index (κ2) is 10.6. The number of nitrogens with one attached hydrogen (secondary N) is 1. The molecule has 0 fully saturated rings. The highest BCUT2D eigenvalue weighted by molar-refractivity contribution is 5.83. The van der Waals surface area contributed by atoms with Crippen molar-refractivity contribution in [3.8, 4) is 0 Å². The lowest BCUT2D eigenvalue weighted by Gasteiger charge is -2.02. The molecule has 2 aromatic carbocycles. The van der Waals surface area contributed by atoms with Crippen LogP contribution >= 0.6 is 0 Å². The van der Waals surface area contributed by atoms with Gasteiger partial charge in [-0.1, -0.05) is 67.9 Å². The molecule has 0 radical (unpaired) electrons. The number of aryl methyl sites for hydroxylation is 2. The average Bonchev–Trinajstić information content (AvgIpc) is 2.45. The number of para-hydroxylation sites is 1. The van der Waals surface area contributed by atoms with E-state index in [9.17, 15) is 4.79 Å². The zero-order valence-electron chi connectivity index (χ0n) is 12.6. The Hall–Kier alpha value is -2.29. The summed E-state index contributed by atoms with van der Waals surface area (Å²) in [5.74, 6) is 0. The molecule has 2 N–H and O–H groups in total. The lowest BCUT2D eigenvalue weighted by Crippen LogP contribution is -2.07. The molecule has 108 valence electrons. The van der Waals surface area contributed by atoms with E-state index in [2.05, 4.69) is 24.4 Å². The monoisotopic (exact) mass is 273 g/mol. The van der Waals surface area contributed by atoms with Crippen molar-refractivity contribution in [1.82, 2.24) is 0 Å². The Labute approximate surface area is 121 Å². The summed E-state index contributed by atoms with van der Waals surface area (Å²) in [5, 5.41) is 10.7. The van der Waals surface area contributed by atoms with Gasteiger partial charge in [-0.25, -0.2) is 4.79 Å². The van der Waals surface area contributed by atoms with E-state index in [1.54, 1.807) is 12.1 Å². The molecule has 0 aliphatic heterocycles. The fourth-order valence-electron chi connectivity index (χ4n) is 1.36. The molecule has 0 saturated heterocycles. The first kappa shape index (κ1) is 17.7. The van der Waals surface area contributed by atoms with Crippen LogP contribution in [0.1, 0.15) is 25.0 Å². The van der Waals surface area contributed by atoms with Crippen molar-refractivity contribution in [2.45, 2.75) is 27.7 Å². The predicted octanol–water partition coefficient (Wildman–Crippen LogP) is 5.11. The molecular formula is C17H23NO2. The van der Waals surface area contributed by atoms with E-state index in [1.165, 1.54) is 5.56 Å². The minimum absolute atomic E-state index is 0.639. The Morgan fingerprint density at radius 3 is 1.80 bits per heavy atom. The quantitative estimate of drug-likeness (QED) is 0.758. The van der Waals surface area contributed by atoms with Gasteiger partial charge in [0.2, 0.25) is 0 Å². The molecule has 0 spiro atoms. The number of anilines is 1. The normalized spacial score (nSPS) is 8.40. The largest absolute Gasteiger partial charge is 0.465 e. The van der Waals surface area contributed by atoms with Crippen LogP contribution in [0.2, 0.25) is 0 Å². The molecule has 20 heavy (non-hydrogen) atoms. The molecule has 0 unspecified atom stereocenters.